The molecular formula is C27H19ClN4O4S. The third kappa shape index (κ3) is 4.62. The van der Waals surface area contributed by atoms with Gasteiger partial charge >= 0.3 is 5.97 Å². The maximum atomic E-state index is 13.9. The summed E-state index contributed by atoms with van der Waals surface area (Å²) in [5.74, 6) is -1.12. The molecule has 1 N–H and O–H groups in total. The maximum absolute atomic E-state index is 13.9. The van der Waals surface area contributed by atoms with Crippen molar-refractivity contribution < 1.29 is 14.3 Å². The highest BCUT2D eigenvalue weighted by Gasteiger charge is 2.27. The van der Waals surface area contributed by atoms with Gasteiger partial charge in [-0.1, -0.05) is 64.6 Å². The molecule has 0 aliphatic carbocycles. The molecule has 0 atom stereocenters. The first-order chi connectivity index (χ1) is 18.0. The van der Waals surface area contributed by atoms with Crippen molar-refractivity contribution in [2.45, 2.75) is 6.54 Å². The number of aromatic nitrogens is 3. The number of methoxy groups -OCH3 is 1. The third-order valence-electron chi connectivity index (χ3n) is 5.87. The number of pyridine rings is 1. The largest absolute Gasteiger partial charge is 0.464 e. The van der Waals surface area contributed by atoms with Crippen LogP contribution in [0.3, 0.4) is 0 Å². The molecule has 0 saturated heterocycles. The van der Waals surface area contributed by atoms with E-state index in [0.717, 1.165) is 17.1 Å². The van der Waals surface area contributed by atoms with Crippen LogP contribution < -0.4 is 10.3 Å². The Morgan fingerprint density at radius 3 is 2.38 bits per heavy atom. The third-order valence-corrected chi connectivity index (χ3v) is 6.88. The van der Waals surface area contributed by atoms with E-state index in [0.29, 0.717) is 32.1 Å². The van der Waals surface area contributed by atoms with Gasteiger partial charge in [-0.2, -0.15) is 0 Å². The van der Waals surface area contributed by atoms with Crippen LogP contribution >= 0.6 is 23.1 Å². The summed E-state index contributed by atoms with van der Waals surface area (Å²) in [4.78, 5) is 44.8. The fraction of sp³-hybridized carbons (Fsp3) is 0.0741. The molecule has 0 bridgehead atoms. The Morgan fingerprint density at radius 1 is 1.03 bits per heavy atom. The summed E-state index contributed by atoms with van der Waals surface area (Å²) in [6.07, 6.45) is 1.44. The van der Waals surface area contributed by atoms with Crippen molar-refractivity contribution in [1.82, 2.24) is 14.6 Å². The van der Waals surface area contributed by atoms with E-state index in [1.165, 1.54) is 18.2 Å². The van der Waals surface area contributed by atoms with Gasteiger partial charge in [-0.15, -0.1) is 5.10 Å². The number of ether oxygens (including phenoxy) is 1. The monoisotopic (exact) mass is 530 g/mol. The molecule has 5 aromatic rings. The summed E-state index contributed by atoms with van der Waals surface area (Å²) in [6, 6.07) is 21.2. The number of fused-ring (bicyclic) bond motifs is 1. The predicted octanol–water partition coefficient (Wildman–Crippen LogP) is 5.33. The normalized spacial score (nSPS) is 10.9. The minimum absolute atomic E-state index is 0.0669. The van der Waals surface area contributed by atoms with Crippen molar-refractivity contribution in [2.75, 3.05) is 12.0 Å². The molecule has 3 aromatic carbocycles. The number of benzene rings is 3. The molecule has 0 aliphatic heterocycles. The number of amides is 1. The van der Waals surface area contributed by atoms with Crippen LogP contribution in [0.1, 0.15) is 26.4 Å². The standard InChI is InChI=1S/C27H19ClN4O4S/c1-36-27(35)24-19(15-32(21-14-29-31-37-21)26(34)17-10-6-3-7-11-17)25(33)18-12-13-20(28)22(23(18)30-24)16-8-4-2-5-9-16/h2-14H,15H2,1H3,(H,30,33). The number of nitrogens with zero attached hydrogens (tertiary/aromatic N) is 3. The van der Waals surface area contributed by atoms with Crippen LogP contribution in [0.5, 0.6) is 0 Å². The molecule has 8 nitrogen and oxygen atoms in total. The van der Waals surface area contributed by atoms with E-state index in [1.807, 2.05) is 30.3 Å². The van der Waals surface area contributed by atoms with Crippen molar-refractivity contribution in [3.05, 3.63) is 111 Å². The van der Waals surface area contributed by atoms with Gasteiger partial charge in [0.1, 0.15) is 10.7 Å². The first-order valence-electron chi connectivity index (χ1n) is 11.1. The van der Waals surface area contributed by atoms with Crippen molar-refractivity contribution in [3.63, 3.8) is 0 Å². The second-order valence-corrected chi connectivity index (χ2v) is 9.19. The van der Waals surface area contributed by atoms with Crippen LogP contribution in [0.4, 0.5) is 5.00 Å². The lowest BCUT2D eigenvalue weighted by Crippen LogP contribution is -2.33. The minimum Gasteiger partial charge on any atom is -0.464 e. The predicted molar refractivity (Wildman–Crippen MR) is 143 cm³/mol. The summed E-state index contributed by atoms with van der Waals surface area (Å²) in [6.45, 7) is -0.212. The number of aromatic amines is 1. The summed E-state index contributed by atoms with van der Waals surface area (Å²) in [5, 5.41) is 5.00. The fourth-order valence-electron chi connectivity index (χ4n) is 4.11. The zero-order valence-electron chi connectivity index (χ0n) is 19.5. The Bertz CT molecular complexity index is 1660. The first kappa shape index (κ1) is 24.4. The zero-order chi connectivity index (χ0) is 25.9. The average Bonchev–Trinajstić information content (AvgIpc) is 3.47. The van der Waals surface area contributed by atoms with E-state index >= 15 is 0 Å². The van der Waals surface area contributed by atoms with Crippen LogP contribution in [0.25, 0.3) is 22.0 Å². The van der Waals surface area contributed by atoms with Gasteiger partial charge in [-0.05, 0) is 29.8 Å². The number of carbonyl (C=O) groups is 2. The minimum atomic E-state index is -0.748. The van der Waals surface area contributed by atoms with E-state index in [4.69, 9.17) is 16.3 Å². The molecule has 10 heteroatoms. The van der Waals surface area contributed by atoms with Crippen LogP contribution in [-0.2, 0) is 11.3 Å². The quantitative estimate of drug-likeness (QED) is 0.297. The number of H-pyrrole nitrogens is 1. The lowest BCUT2D eigenvalue weighted by atomic mass is 9.99. The lowest BCUT2D eigenvalue weighted by molar-refractivity contribution is 0.0592. The van der Waals surface area contributed by atoms with Gasteiger partial charge in [-0.3, -0.25) is 14.5 Å². The number of anilines is 1. The molecule has 1 amide bonds. The fourth-order valence-corrected chi connectivity index (χ4v) is 4.90. The molecule has 0 radical (unpaired) electrons. The Balaban J connectivity index is 1.73. The highest BCUT2D eigenvalue weighted by atomic mass is 35.5. The van der Waals surface area contributed by atoms with Crippen molar-refractivity contribution in [2.24, 2.45) is 0 Å². The summed E-state index contributed by atoms with van der Waals surface area (Å²) >= 11 is 7.56. The average molecular weight is 531 g/mol. The molecular weight excluding hydrogens is 512 g/mol. The zero-order valence-corrected chi connectivity index (χ0v) is 21.0. The summed E-state index contributed by atoms with van der Waals surface area (Å²) in [5.41, 5.74) is 1.73. The van der Waals surface area contributed by atoms with Crippen LogP contribution in [0, 0.1) is 0 Å². The van der Waals surface area contributed by atoms with Crippen molar-refractivity contribution in [3.8, 4) is 11.1 Å². The Kier molecular flexibility index (Phi) is 6.80. The first-order valence-corrected chi connectivity index (χ1v) is 12.3. The SMILES string of the molecule is COC(=O)c1[nH]c2c(-c3ccccc3)c(Cl)ccc2c(=O)c1CN(C(=O)c1ccccc1)c1cnns1. The second-order valence-electron chi connectivity index (χ2n) is 8.02. The summed E-state index contributed by atoms with van der Waals surface area (Å²) in [7, 11) is 1.23. The Morgan fingerprint density at radius 2 is 1.73 bits per heavy atom. The molecule has 2 aromatic heterocycles. The number of carbonyl (C=O) groups excluding carboxylic acids is 2. The van der Waals surface area contributed by atoms with E-state index in [-0.39, 0.29) is 23.7 Å². The molecule has 184 valence electrons. The second kappa shape index (κ2) is 10.3. The molecule has 0 fully saturated rings. The van der Waals surface area contributed by atoms with Gasteiger partial charge in [0.25, 0.3) is 5.91 Å². The van der Waals surface area contributed by atoms with E-state index in [9.17, 15) is 14.4 Å². The van der Waals surface area contributed by atoms with E-state index < -0.39 is 11.4 Å². The van der Waals surface area contributed by atoms with Crippen molar-refractivity contribution >= 4 is 50.9 Å². The molecule has 0 aliphatic rings. The smallest absolute Gasteiger partial charge is 0.354 e. The number of nitrogens with one attached hydrogen (secondary N) is 1. The maximum Gasteiger partial charge on any atom is 0.354 e. The van der Waals surface area contributed by atoms with Gasteiger partial charge in [0.2, 0.25) is 0 Å². The van der Waals surface area contributed by atoms with Gasteiger partial charge in [0.05, 0.1) is 36.0 Å². The number of halogens is 1. The highest BCUT2D eigenvalue weighted by molar-refractivity contribution is 7.10. The van der Waals surface area contributed by atoms with E-state index in [2.05, 4.69) is 14.6 Å². The molecule has 0 saturated carbocycles. The van der Waals surface area contributed by atoms with E-state index in [1.54, 1.807) is 42.5 Å². The van der Waals surface area contributed by atoms with Gasteiger partial charge in [0, 0.05) is 28.0 Å². The van der Waals surface area contributed by atoms with Gasteiger partial charge < -0.3 is 9.72 Å². The van der Waals surface area contributed by atoms with Crippen LogP contribution in [0.15, 0.2) is 83.8 Å². The molecule has 0 unspecified atom stereocenters. The van der Waals surface area contributed by atoms with Gasteiger partial charge in [-0.25, -0.2) is 4.79 Å². The van der Waals surface area contributed by atoms with Crippen molar-refractivity contribution in [1.29, 1.82) is 0 Å². The Hall–Kier alpha value is -4.34. The van der Waals surface area contributed by atoms with Gasteiger partial charge in [0.15, 0.2) is 5.43 Å². The van der Waals surface area contributed by atoms with Crippen LogP contribution in [0.2, 0.25) is 5.02 Å². The number of hydrogen-bond donors (Lipinski definition) is 1. The number of rotatable bonds is 6. The molecule has 5 rings (SSSR count). The number of esters is 1. The topological polar surface area (TPSA) is 105 Å². The molecule has 2 heterocycles. The number of hydrogen-bond acceptors (Lipinski definition) is 7. The highest BCUT2D eigenvalue weighted by Crippen LogP contribution is 2.34. The Labute approximate surface area is 220 Å². The molecule has 37 heavy (non-hydrogen) atoms. The lowest BCUT2D eigenvalue weighted by Gasteiger charge is -2.22. The van der Waals surface area contributed by atoms with Crippen LogP contribution in [-0.4, -0.2) is 33.6 Å². The molecule has 0 spiro atoms. The summed E-state index contributed by atoms with van der Waals surface area (Å²) < 4.78 is 8.87.